The summed E-state index contributed by atoms with van der Waals surface area (Å²) in [6.45, 7) is 0.618. The first kappa shape index (κ1) is 9.03. The van der Waals surface area contributed by atoms with E-state index >= 15 is 0 Å². The molecule has 1 amide bonds. The van der Waals surface area contributed by atoms with Gasteiger partial charge in [-0.2, -0.15) is 0 Å². The van der Waals surface area contributed by atoms with Crippen LogP contribution in [0.15, 0.2) is 0 Å². The van der Waals surface area contributed by atoms with Gasteiger partial charge in [-0.05, 0) is 25.2 Å². The summed E-state index contributed by atoms with van der Waals surface area (Å²) in [5, 5.41) is 11.2. The highest BCUT2D eigenvalue weighted by Crippen LogP contribution is 2.30. The lowest BCUT2D eigenvalue weighted by atomic mass is 10.1. The van der Waals surface area contributed by atoms with Gasteiger partial charge in [0.15, 0.2) is 0 Å². The zero-order valence-corrected chi connectivity index (χ0v) is 6.82. The second-order valence-electron chi connectivity index (χ2n) is 3.24. The van der Waals surface area contributed by atoms with Gasteiger partial charge in [0.2, 0.25) is 6.41 Å². The summed E-state index contributed by atoms with van der Waals surface area (Å²) in [6, 6.07) is 0. The van der Waals surface area contributed by atoms with Gasteiger partial charge in [0.05, 0.1) is 5.92 Å². The van der Waals surface area contributed by atoms with Crippen LogP contribution in [-0.4, -0.2) is 24.0 Å². The summed E-state index contributed by atoms with van der Waals surface area (Å²) in [4.78, 5) is 20.5. The van der Waals surface area contributed by atoms with Crippen molar-refractivity contribution in [3.63, 3.8) is 0 Å². The van der Waals surface area contributed by atoms with Crippen LogP contribution in [0.1, 0.15) is 19.3 Å². The molecule has 0 spiro atoms. The Kier molecular flexibility index (Phi) is 3.08. The molecule has 1 aliphatic rings. The summed E-state index contributed by atoms with van der Waals surface area (Å²) >= 11 is 0. The summed E-state index contributed by atoms with van der Waals surface area (Å²) in [7, 11) is 0. The largest absolute Gasteiger partial charge is 0.481 e. The molecule has 1 saturated carbocycles. The van der Waals surface area contributed by atoms with Crippen LogP contribution in [0.5, 0.6) is 0 Å². The number of hydrogen-bond acceptors (Lipinski definition) is 2. The Bertz CT molecular complexity index is 181. The van der Waals surface area contributed by atoms with Crippen molar-refractivity contribution in [2.24, 2.45) is 11.8 Å². The first-order valence-electron chi connectivity index (χ1n) is 4.14. The van der Waals surface area contributed by atoms with Crippen LogP contribution in [0, 0.1) is 11.8 Å². The van der Waals surface area contributed by atoms with Crippen molar-refractivity contribution in [2.45, 2.75) is 19.3 Å². The number of nitrogens with one attached hydrogen (secondary N) is 1. The molecule has 0 radical (unpaired) electrons. The topological polar surface area (TPSA) is 66.4 Å². The summed E-state index contributed by atoms with van der Waals surface area (Å²) in [5.41, 5.74) is 0. The zero-order chi connectivity index (χ0) is 8.97. The molecule has 1 aliphatic carbocycles. The van der Waals surface area contributed by atoms with E-state index in [4.69, 9.17) is 5.11 Å². The third kappa shape index (κ3) is 2.22. The molecule has 0 aromatic rings. The normalized spacial score (nSPS) is 28.3. The van der Waals surface area contributed by atoms with Crippen LogP contribution in [0.25, 0.3) is 0 Å². The first-order valence-corrected chi connectivity index (χ1v) is 4.14. The molecule has 0 bridgehead atoms. The van der Waals surface area contributed by atoms with Crippen LogP contribution in [0.4, 0.5) is 0 Å². The smallest absolute Gasteiger partial charge is 0.306 e. The molecule has 0 aliphatic heterocycles. The zero-order valence-electron chi connectivity index (χ0n) is 6.82. The van der Waals surface area contributed by atoms with Gasteiger partial charge in [0, 0.05) is 6.54 Å². The lowest BCUT2D eigenvalue weighted by molar-refractivity contribution is -0.141. The van der Waals surface area contributed by atoms with E-state index in [-0.39, 0.29) is 5.92 Å². The molecule has 0 heterocycles. The first-order chi connectivity index (χ1) is 5.74. The second kappa shape index (κ2) is 4.09. The van der Waals surface area contributed by atoms with Gasteiger partial charge >= 0.3 is 5.97 Å². The van der Waals surface area contributed by atoms with Crippen molar-refractivity contribution in [2.75, 3.05) is 6.54 Å². The fourth-order valence-electron chi connectivity index (χ4n) is 1.70. The van der Waals surface area contributed by atoms with Gasteiger partial charge in [0.1, 0.15) is 0 Å². The predicted molar refractivity (Wildman–Crippen MR) is 42.5 cm³/mol. The molecule has 0 saturated heterocycles. The molecule has 4 nitrogen and oxygen atoms in total. The van der Waals surface area contributed by atoms with Gasteiger partial charge in [-0.3, -0.25) is 9.59 Å². The van der Waals surface area contributed by atoms with Crippen molar-refractivity contribution in [3.8, 4) is 0 Å². The number of hydrogen-bond donors (Lipinski definition) is 2. The number of rotatable bonds is 4. The lowest BCUT2D eigenvalue weighted by Crippen LogP contribution is -2.20. The quantitative estimate of drug-likeness (QED) is 0.595. The van der Waals surface area contributed by atoms with Crippen LogP contribution < -0.4 is 5.32 Å². The maximum absolute atomic E-state index is 10.5. The standard InChI is InChI=1S/C8H13NO3/c10-5-9-4-6-1-2-7(3-6)8(11)12/h5-7H,1-4H2,(H,9,10)(H,11,12). The highest BCUT2D eigenvalue weighted by atomic mass is 16.4. The van der Waals surface area contributed by atoms with Crippen molar-refractivity contribution in [1.82, 2.24) is 5.32 Å². The van der Waals surface area contributed by atoms with Crippen molar-refractivity contribution in [3.05, 3.63) is 0 Å². The molecule has 2 N–H and O–H groups in total. The van der Waals surface area contributed by atoms with Crippen LogP contribution in [0.3, 0.4) is 0 Å². The Balaban J connectivity index is 2.25. The minimum absolute atomic E-state index is 0.191. The number of carboxylic acids is 1. The average molecular weight is 171 g/mol. The molecule has 2 unspecified atom stereocenters. The van der Waals surface area contributed by atoms with Crippen LogP contribution >= 0.6 is 0 Å². The lowest BCUT2D eigenvalue weighted by Gasteiger charge is -2.06. The molecular formula is C8H13NO3. The Morgan fingerprint density at radius 1 is 1.58 bits per heavy atom. The van der Waals surface area contributed by atoms with Gasteiger partial charge in [0.25, 0.3) is 0 Å². The van der Waals surface area contributed by atoms with Gasteiger partial charge in [-0.1, -0.05) is 0 Å². The Hall–Kier alpha value is -1.06. The number of carbonyl (C=O) groups excluding carboxylic acids is 1. The van der Waals surface area contributed by atoms with E-state index in [9.17, 15) is 9.59 Å². The van der Waals surface area contributed by atoms with Crippen molar-refractivity contribution < 1.29 is 14.7 Å². The molecule has 1 fully saturated rings. The molecule has 4 heteroatoms. The Morgan fingerprint density at radius 3 is 2.83 bits per heavy atom. The van der Waals surface area contributed by atoms with E-state index in [0.717, 1.165) is 12.8 Å². The second-order valence-corrected chi connectivity index (χ2v) is 3.24. The van der Waals surface area contributed by atoms with Crippen LogP contribution in [0.2, 0.25) is 0 Å². The van der Waals surface area contributed by atoms with E-state index in [1.807, 2.05) is 0 Å². The molecule has 1 rings (SSSR count). The highest BCUT2D eigenvalue weighted by molar-refractivity contribution is 5.70. The maximum Gasteiger partial charge on any atom is 0.306 e. The molecule has 2 atom stereocenters. The van der Waals surface area contributed by atoms with Crippen molar-refractivity contribution in [1.29, 1.82) is 0 Å². The third-order valence-corrected chi connectivity index (χ3v) is 2.38. The van der Waals surface area contributed by atoms with E-state index in [0.29, 0.717) is 25.3 Å². The Morgan fingerprint density at radius 2 is 2.33 bits per heavy atom. The molecule has 0 aromatic heterocycles. The number of amides is 1. The minimum Gasteiger partial charge on any atom is -0.481 e. The summed E-state index contributed by atoms with van der Waals surface area (Å²) in [5.74, 6) is -0.539. The van der Waals surface area contributed by atoms with Gasteiger partial charge in [-0.25, -0.2) is 0 Å². The van der Waals surface area contributed by atoms with E-state index in [2.05, 4.69) is 5.32 Å². The summed E-state index contributed by atoms with van der Waals surface area (Å²) < 4.78 is 0. The molecular weight excluding hydrogens is 158 g/mol. The van der Waals surface area contributed by atoms with E-state index in [1.165, 1.54) is 0 Å². The van der Waals surface area contributed by atoms with Crippen LogP contribution in [-0.2, 0) is 9.59 Å². The van der Waals surface area contributed by atoms with Crippen molar-refractivity contribution >= 4 is 12.4 Å². The van der Waals surface area contributed by atoms with E-state index < -0.39 is 5.97 Å². The maximum atomic E-state index is 10.5. The highest BCUT2D eigenvalue weighted by Gasteiger charge is 2.29. The third-order valence-electron chi connectivity index (χ3n) is 2.38. The fraction of sp³-hybridized carbons (Fsp3) is 0.750. The number of aliphatic carboxylic acids is 1. The van der Waals surface area contributed by atoms with Gasteiger partial charge in [-0.15, -0.1) is 0 Å². The fourth-order valence-corrected chi connectivity index (χ4v) is 1.70. The molecule has 68 valence electrons. The average Bonchev–Trinajstić information content (AvgIpc) is 2.48. The predicted octanol–water partition coefficient (Wildman–Crippen LogP) is 0.233. The Labute approximate surface area is 71.0 Å². The summed E-state index contributed by atoms with van der Waals surface area (Å²) in [6.07, 6.45) is 3.03. The minimum atomic E-state index is -0.705. The SMILES string of the molecule is O=CNCC1CCC(C(=O)O)C1. The number of carbonyl (C=O) groups is 2. The monoisotopic (exact) mass is 171 g/mol. The molecule has 12 heavy (non-hydrogen) atoms. The molecule has 0 aromatic carbocycles. The van der Waals surface area contributed by atoms with E-state index in [1.54, 1.807) is 0 Å². The number of carboxylic acid groups (broad SMARTS) is 1. The van der Waals surface area contributed by atoms with Gasteiger partial charge < -0.3 is 10.4 Å².